The van der Waals surface area contributed by atoms with Crippen molar-refractivity contribution >= 4 is 23.2 Å². The number of hydrogen-bond donors (Lipinski definition) is 3. The molecule has 2 aliphatic heterocycles. The standard InChI is InChI=1S/C24H26ClN5O3/c1-24(8-11-28-24)14-33-21-13-26-9-6-15(21)20-12-16-19(7-10-27-23(16)31)30(20)29-18-5-3-4-17(25)22(18)32-2/h3-6,9,12-13,28-29H,7-8,10-11,14H2,1-2H3,(H,27,31)/t24-/m0/s1. The molecule has 3 aromatic rings. The SMILES string of the molecule is COc1c(Cl)cccc1Nn1c(-c2ccncc2OC[C@]2(C)CCN2)cc2c1CCNC2=O. The van der Waals surface area contributed by atoms with Crippen LogP contribution >= 0.6 is 11.6 Å². The Hall–Kier alpha value is -3.23. The van der Waals surface area contributed by atoms with Crippen LogP contribution in [0.3, 0.4) is 0 Å². The third-order valence-corrected chi connectivity index (χ3v) is 6.53. The van der Waals surface area contributed by atoms with Crippen molar-refractivity contribution in [2.75, 3.05) is 32.2 Å². The average Bonchev–Trinajstić information content (AvgIpc) is 3.16. The molecule has 1 atom stereocenters. The first-order chi connectivity index (χ1) is 16.0. The van der Waals surface area contributed by atoms with Crippen molar-refractivity contribution in [2.24, 2.45) is 0 Å². The van der Waals surface area contributed by atoms with Crippen molar-refractivity contribution in [1.29, 1.82) is 0 Å². The van der Waals surface area contributed by atoms with Gasteiger partial charge in [0.1, 0.15) is 12.4 Å². The first-order valence-electron chi connectivity index (χ1n) is 10.9. The van der Waals surface area contributed by atoms with Crippen LogP contribution in [0.25, 0.3) is 11.3 Å². The second-order valence-electron chi connectivity index (χ2n) is 8.56. The zero-order valence-corrected chi connectivity index (χ0v) is 19.3. The molecule has 4 heterocycles. The highest BCUT2D eigenvalue weighted by atomic mass is 35.5. The lowest BCUT2D eigenvalue weighted by Crippen LogP contribution is -2.58. The molecule has 0 radical (unpaired) electrons. The number of carbonyl (C=O) groups excluding carboxylic acids is 1. The molecule has 0 bridgehead atoms. The van der Waals surface area contributed by atoms with Crippen LogP contribution in [0, 0.1) is 0 Å². The van der Waals surface area contributed by atoms with Crippen molar-refractivity contribution < 1.29 is 14.3 Å². The highest BCUT2D eigenvalue weighted by Gasteiger charge is 2.32. The Morgan fingerprint density at radius 2 is 2.12 bits per heavy atom. The lowest BCUT2D eigenvalue weighted by atomic mass is 9.91. The largest absolute Gasteiger partial charge is 0.493 e. The van der Waals surface area contributed by atoms with Gasteiger partial charge in [-0.1, -0.05) is 17.7 Å². The van der Waals surface area contributed by atoms with Crippen molar-refractivity contribution in [3.05, 3.63) is 59.0 Å². The molecule has 1 fully saturated rings. The molecular weight excluding hydrogens is 442 g/mol. The van der Waals surface area contributed by atoms with Crippen LogP contribution in [0.1, 0.15) is 29.4 Å². The summed E-state index contributed by atoms with van der Waals surface area (Å²) in [5, 5.41) is 6.84. The van der Waals surface area contributed by atoms with Crippen LogP contribution in [0.2, 0.25) is 5.02 Å². The van der Waals surface area contributed by atoms with Gasteiger partial charge in [-0.3, -0.25) is 19.9 Å². The molecule has 0 aliphatic carbocycles. The van der Waals surface area contributed by atoms with Gasteiger partial charge in [-0.15, -0.1) is 0 Å². The number of pyridine rings is 1. The van der Waals surface area contributed by atoms with Crippen LogP contribution in [-0.4, -0.2) is 47.9 Å². The molecule has 5 rings (SSSR count). The lowest BCUT2D eigenvalue weighted by molar-refractivity contribution is 0.0945. The van der Waals surface area contributed by atoms with Gasteiger partial charge in [0.2, 0.25) is 0 Å². The summed E-state index contributed by atoms with van der Waals surface area (Å²) < 4.78 is 13.7. The number of ether oxygens (including phenoxy) is 2. The Balaban J connectivity index is 1.59. The minimum absolute atomic E-state index is 0.0410. The molecule has 2 aromatic heterocycles. The van der Waals surface area contributed by atoms with Crippen LogP contribution < -0.4 is 25.5 Å². The van der Waals surface area contributed by atoms with Gasteiger partial charge in [-0.2, -0.15) is 0 Å². The van der Waals surface area contributed by atoms with Crippen molar-refractivity contribution in [3.8, 4) is 22.8 Å². The summed E-state index contributed by atoms with van der Waals surface area (Å²) in [5.74, 6) is 1.09. The van der Waals surface area contributed by atoms with E-state index in [2.05, 4.69) is 28.0 Å². The fourth-order valence-electron chi connectivity index (χ4n) is 4.25. The third kappa shape index (κ3) is 4.00. The minimum atomic E-state index is -0.0983. The predicted octanol–water partition coefficient (Wildman–Crippen LogP) is 3.50. The van der Waals surface area contributed by atoms with Gasteiger partial charge in [0.25, 0.3) is 5.91 Å². The topological polar surface area (TPSA) is 89.4 Å². The molecule has 33 heavy (non-hydrogen) atoms. The van der Waals surface area contributed by atoms with E-state index < -0.39 is 0 Å². The van der Waals surface area contributed by atoms with Crippen molar-refractivity contribution in [1.82, 2.24) is 20.3 Å². The number of nitrogens with zero attached hydrogens (tertiary/aromatic N) is 2. The number of nitrogens with one attached hydrogen (secondary N) is 3. The Bertz CT molecular complexity index is 1200. The van der Waals surface area contributed by atoms with Crippen molar-refractivity contribution in [2.45, 2.75) is 25.3 Å². The summed E-state index contributed by atoms with van der Waals surface area (Å²) in [6.07, 6.45) is 5.18. The molecule has 9 heteroatoms. The molecule has 172 valence electrons. The Kier molecular flexibility index (Phi) is 5.64. The number of benzene rings is 1. The summed E-state index contributed by atoms with van der Waals surface area (Å²) in [4.78, 5) is 16.9. The van der Waals surface area contributed by atoms with Gasteiger partial charge in [0, 0.05) is 24.7 Å². The molecule has 0 unspecified atom stereocenters. The summed E-state index contributed by atoms with van der Waals surface area (Å²) in [6.45, 7) is 4.23. The zero-order valence-electron chi connectivity index (χ0n) is 18.6. The van der Waals surface area contributed by atoms with Crippen LogP contribution in [0.15, 0.2) is 42.7 Å². The number of hydrogen-bond acceptors (Lipinski definition) is 6. The fourth-order valence-corrected chi connectivity index (χ4v) is 4.50. The maximum atomic E-state index is 12.7. The number of aromatic nitrogens is 2. The normalized spacial score (nSPS) is 19.3. The van der Waals surface area contributed by atoms with E-state index in [0.717, 1.165) is 29.9 Å². The van der Waals surface area contributed by atoms with Crippen LogP contribution in [0.4, 0.5) is 5.69 Å². The second kappa shape index (κ2) is 8.61. The number of amides is 1. The monoisotopic (exact) mass is 467 g/mol. The number of anilines is 1. The first-order valence-corrected chi connectivity index (χ1v) is 11.3. The number of fused-ring (bicyclic) bond motifs is 1. The Labute approximate surface area is 197 Å². The molecule has 2 aliphatic rings. The smallest absolute Gasteiger partial charge is 0.253 e. The van der Waals surface area contributed by atoms with Crippen molar-refractivity contribution in [3.63, 3.8) is 0 Å². The summed E-state index contributed by atoms with van der Waals surface area (Å²) in [5.41, 5.74) is 7.21. The van der Waals surface area contributed by atoms with Gasteiger partial charge in [-0.05, 0) is 44.2 Å². The summed E-state index contributed by atoms with van der Waals surface area (Å²) >= 11 is 6.35. The van der Waals surface area contributed by atoms with Gasteiger partial charge in [0.05, 0.1) is 46.5 Å². The fraction of sp³-hybridized carbons (Fsp3) is 0.333. The number of methoxy groups -OCH3 is 1. The molecule has 3 N–H and O–H groups in total. The van der Waals surface area contributed by atoms with Crippen LogP contribution in [-0.2, 0) is 6.42 Å². The third-order valence-electron chi connectivity index (χ3n) is 6.23. The van der Waals surface area contributed by atoms with E-state index in [1.807, 2.05) is 28.9 Å². The van der Waals surface area contributed by atoms with E-state index in [1.54, 1.807) is 25.6 Å². The number of carbonyl (C=O) groups is 1. The molecule has 1 aromatic carbocycles. The highest BCUT2D eigenvalue weighted by molar-refractivity contribution is 6.32. The summed E-state index contributed by atoms with van der Waals surface area (Å²) in [6, 6.07) is 9.30. The predicted molar refractivity (Wildman–Crippen MR) is 127 cm³/mol. The van der Waals surface area contributed by atoms with E-state index in [9.17, 15) is 4.79 Å². The average molecular weight is 468 g/mol. The Morgan fingerprint density at radius 3 is 2.88 bits per heavy atom. The first kappa shape index (κ1) is 21.6. The quantitative estimate of drug-likeness (QED) is 0.493. The van der Waals surface area contributed by atoms with E-state index >= 15 is 0 Å². The van der Waals surface area contributed by atoms with E-state index in [1.165, 1.54) is 0 Å². The second-order valence-corrected chi connectivity index (χ2v) is 8.97. The van der Waals surface area contributed by atoms with Gasteiger partial charge in [0.15, 0.2) is 5.75 Å². The summed E-state index contributed by atoms with van der Waals surface area (Å²) in [7, 11) is 1.58. The maximum absolute atomic E-state index is 12.7. The van der Waals surface area contributed by atoms with Gasteiger partial charge < -0.3 is 20.1 Å². The van der Waals surface area contributed by atoms with Crippen LogP contribution in [0.5, 0.6) is 11.5 Å². The zero-order chi connectivity index (χ0) is 23.0. The molecule has 0 spiro atoms. The Morgan fingerprint density at radius 1 is 1.27 bits per heavy atom. The molecule has 1 saturated heterocycles. The molecular formula is C24H26ClN5O3. The van der Waals surface area contributed by atoms with Gasteiger partial charge in [-0.25, -0.2) is 0 Å². The van der Waals surface area contributed by atoms with E-state index in [4.69, 9.17) is 21.1 Å². The number of halogens is 1. The lowest BCUT2D eigenvalue weighted by Gasteiger charge is -2.39. The maximum Gasteiger partial charge on any atom is 0.253 e. The van der Waals surface area contributed by atoms with E-state index in [-0.39, 0.29) is 11.4 Å². The highest BCUT2D eigenvalue weighted by Crippen LogP contribution is 2.37. The molecule has 1 amide bonds. The molecule has 8 nitrogen and oxygen atoms in total. The van der Waals surface area contributed by atoms with Gasteiger partial charge >= 0.3 is 0 Å². The minimum Gasteiger partial charge on any atom is -0.493 e. The number of para-hydroxylation sites is 1. The molecule has 0 saturated carbocycles. The number of rotatable bonds is 7. The van der Waals surface area contributed by atoms with E-state index in [0.29, 0.717) is 47.3 Å².